The molecule has 2 aliphatic heterocycles. The second-order valence-electron chi connectivity index (χ2n) is 8.57. The van der Waals surface area contributed by atoms with Crippen LogP contribution in [-0.4, -0.2) is 75.0 Å². The molecule has 0 unspecified atom stereocenters. The molecular weight excluding hydrogens is 439 g/mol. The minimum atomic E-state index is -0.534. The highest BCUT2D eigenvalue weighted by Crippen LogP contribution is 2.26. The molecule has 9 heteroatoms. The first-order valence-corrected chi connectivity index (χ1v) is 11.4. The van der Waals surface area contributed by atoms with E-state index in [0.717, 1.165) is 11.3 Å². The molecule has 2 amide bonds. The summed E-state index contributed by atoms with van der Waals surface area (Å²) in [6, 6.07) is 9.73. The number of piperazine rings is 1. The Morgan fingerprint density at radius 2 is 1.50 bits per heavy atom. The van der Waals surface area contributed by atoms with Crippen molar-refractivity contribution < 1.29 is 23.5 Å². The quantitative estimate of drug-likeness (QED) is 0.650. The van der Waals surface area contributed by atoms with Crippen molar-refractivity contribution in [2.75, 3.05) is 62.3 Å². The van der Waals surface area contributed by atoms with Gasteiger partial charge in [-0.2, -0.15) is 0 Å². The van der Waals surface area contributed by atoms with Crippen LogP contribution in [0.15, 0.2) is 36.4 Å². The predicted molar refractivity (Wildman–Crippen MR) is 127 cm³/mol. The lowest BCUT2D eigenvalue weighted by atomic mass is 10.0. The molecule has 34 heavy (non-hydrogen) atoms. The van der Waals surface area contributed by atoms with Crippen molar-refractivity contribution in [3.63, 3.8) is 0 Å². The summed E-state index contributed by atoms with van der Waals surface area (Å²) in [7, 11) is 0. The van der Waals surface area contributed by atoms with Crippen molar-refractivity contribution in [1.82, 2.24) is 4.90 Å². The first-order chi connectivity index (χ1) is 16.3. The fourth-order valence-corrected chi connectivity index (χ4v) is 4.45. The fraction of sp³-hybridized carbons (Fsp3) is 0.400. The van der Waals surface area contributed by atoms with Crippen LogP contribution in [-0.2, 0) is 16.0 Å². The maximum atomic E-state index is 14.5. The Balaban J connectivity index is 1.44. The molecule has 2 aromatic carbocycles. The smallest absolute Gasteiger partial charge is 0.248 e. The van der Waals surface area contributed by atoms with Crippen LogP contribution in [0, 0.1) is 5.82 Å². The monoisotopic (exact) mass is 468 g/mol. The van der Waals surface area contributed by atoms with Crippen molar-refractivity contribution in [3.05, 3.63) is 58.9 Å². The Morgan fingerprint density at radius 1 is 0.882 bits per heavy atom. The molecule has 2 aliphatic rings. The minimum Gasteiger partial charge on any atom is -0.378 e. The zero-order valence-electron chi connectivity index (χ0n) is 19.3. The molecular formula is C25H29FN4O4. The largest absolute Gasteiger partial charge is 0.378 e. The minimum absolute atomic E-state index is 0.0526. The van der Waals surface area contributed by atoms with E-state index in [1.54, 1.807) is 29.2 Å². The fourth-order valence-electron chi connectivity index (χ4n) is 4.45. The number of hydrogen-bond donors (Lipinski definition) is 1. The third-order valence-corrected chi connectivity index (χ3v) is 6.38. The van der Waals surface area contributed by atoms with Crippen LogP contribution in [0.5, 0.6) is 0 Å². The van der Waals surface area contributed by atoms with Gasteiger partial charge < -0.3 is 25.2 Å². The van der Waals surface area contributed by atoms with Crippen molar-refractivity contribution in [2.24, 2.45) is 5.73 Å². The summed E-state index contributed by atoms with van der Waals surface area (Å²) < 4.78 is 20.0. The standard InChI is InChI=1S/C25H29FN4O4/c1-17(31)18-2-5-23(21(26)15-18)28-6-8-30(9-7-28)24(32)16-20-14-19(25(27)33)3-4-22(20)29-10-12-34-13-11-29/h2-5,14-15H,6-13,16H2,1H3,(H2,27,33). The van der Waals surface area contributed by atoms with Gasteiger partial charge >= 0.3 is 0 Å². The van der Waals surface area contributed by atoms with Gasteiger partial charge in [-0.1, -0.05) is 0 Å². The van der Waals surface area contributed by atoms with Crippen molar-refractivity contribution in [3.8, 4) is 0 Å². The Bertz CT molecular complexity index is 1090. The van der Waals surface area contributed by atoms with Gasteiger partial charge in [0.2, 0.25) is 11.8 Å². The van der Waals surface area contributed by atoms with E-state index in [1.165, 1.54) is 13.0 Å². The third-order valence-electron chi connectivity index (χ3n) is 6.38. The second kappa shape index (κ2) is 10.2. The molecule has 2 aromatic rings. The van der Waals surface area contributed by atoms with E-state index in [4.69, 9.17) is 10.5 Å². The number of ether oxygens (including phenoxy) is 1. The predicted octanol–water partition coefficient (Wildman–Crippen LogP) is 1.86. The van der Waals surface area contributed by atoms with E-state index in [0.29, 0.717) is 69.3 Å². The molecule has 2 fully saturated rings. The molecule has 0 aliphatic carbocycles. The normalized spacial score (nSPS) is 16.5. The van der Waals surface area contributed by atoms with Gasteiger partial charge in [-0.15, -0.1) is 0 Å². The van der Waals surface area contributed by atoms with Gasteiger partial charge in [0.15, 0.2) is 5.78 Å². The van der Waals surface area contributed by atoms with E-state index in [-0.39, 0.29) is 18.1 Å². The molecule has 2 N–H and O–H groups in total. The first kappa shape index (κ1) is 23.7. The number of nitrogens with zero attached hydrogens (tertiary/aromatic N) is 3. The van der Waals surface area contributed by atoms with Gasteiger partial charge in [-0.05, 0) is 48.9 Å². The maximum absolute atomic E-state index is 14.5. The average molecular weight is 469 g/mol. The topological polar surface area (TPSA) is 96.2 Å². The van der Waals surface area contributed by atoms with Crippen LogP contribution in [0.3, 0.4) is 0 Å². The lowest BCUT2D eigenvalue weighted by Gasteiger charge is -2.36. The lowest BCUT2D eigenvalue weighted by molar-refractivity contribution is -0.130. The molecule has 0 aromatic heterocycles. The Kier molecular flexibility index (Phi) is 7.12. The number of carbonyl (C=O) groups is 3. The number of Topliss-reactive ketones (excluding diaryl/α,β-unsaturated/α-hetero) is 1. The van der Waals surface area contributed by atoms with Crippen LogP contribution in [0.1, 0.15) is 33.2 Å². The highest BCUT2D eigenvalue weighted by atomic mass is 19.1. The Labute approximate surface area is 198 Å². The molecule has 0 radical (unpaired) electrons. The van der Waals surface area contributed by atoms with E-state index in [1.807, 2.05) is 11.0 Å². The van der Waals surface area contributed by atoms with Crippen LogP contribution in [0.4, 0.5) is 15.8 Å². The summed E-state index contributed by atoms with van der Waals surface area (Å²) in [4.78, 5) is 42.2. The number of hydrogen-bond acceptors (Lipinski definition) is 6. The summed E-state index contributed by atoms with van der Waals surface area (Å²) in [6.45, 7) is 5.92. The van der Waals surface area contributed by atoms with E-state index >= 15 is 0 Å². The second-order valence-corrected chi connectivity index (χ2v) is 8.57. The molecule has 4 rings (SSSR count). The SMILES string of the molecule is CC(=O)c1ccc(N2CCN(C(=O)Cc3cc(C(N)=O)ccc3N3CCOCC3)CC2)c(F)c1. The van der Waals surface area contributed by atoms with Gasteiger partial charge in [-0.3, -0.25) is 14.4 Å². The number of carbonyl (C=O) groups excluding carboxylic acids is 3. The number of ketones is 1. The zero-order chi connectivity index (χ0) is 24.2. The van der Waals surface area contributed by atoms with Gasteiger partial charge in [0.05, 0.1) is 25.3 Å². The Morgan fingerprint density at radius 3 is 2.12 bits per heavy atom. The molecule has 0 atom stereocenters. The van der Waals surface area contributed by atoms with Crippen molar-refractivity contribution in [2.45, 2.75) is 13.3 Å². The number of nitrogens with two attached hydrogens (primary N) is 1. The number of halogens is 1. The summed E-state index contributed by atoms with van der Waals surface area (Å²) >= 11 is 0. The van der Waals surface area contributed by atoms with Gasteiger partial charge in [0.1, 0.15) is 5.82 Å². The number of anilines is 2. The Hall–Kier alpha value is -3.46. The summed E-state index contributed by atoms with van der Waals surface area (Å²) in [5, 5.41) is 0. The van der Waals surface area contributed by atoms with E-state index < -0.39 is 11.7 Å². The third kappa shape index (κ3) is 5.20. The van der Waals surface area contributed by atoms with Gasteiger partial charge in [-0.25, -0.2) is 4.39 Å². The molecule has 2 saturated heterocycles. The zero-order valence-corrected chi connectivity index (χ0v) is 19.3. The molecule has 0 bridgehead atoms. The van der Waals surface area contributed by atoms with Crippen molar-refractivity contribution in [1.29, 1.82) is 0 Å². The van der Waals surface area contributed by atoms with Crippen LogP contribution < -0.4 is 15.5 Å². The highest BCUT2D eigenvalue weighted by Gasteiger charge is 2.25. The van der Waals surface area contributed by atoms with E-state index in [2.05, 4.69) is 4.90 Å². The van der Waals surface area contributed by atoms with E-state index in [9.17, 15) is 18.8 Å². The van der Waals surface area contributed by atoms with Crippen molar-refractivity contribution >= 4 is 29.0 Å². The van der Waals surface area contributed by atoms with Crippen LogP contribution in [0.25, 0.3) is 0 Å². The summed E-state index contributed by atoms with van der Waals surface area (Å²) in [5.74, 6) is -1.21. The van der Waals surface area contributed by atoms with Crippen LogP contribution >= 0.6 is 0 Å². The molecule has 0 spiro atoms. The molecule has 2 heterocycles. The van der Waals surface area contributed by atoms with Gasteiger partial charge in [0.25, 0.3) is 0 Å². The average Bonchev–Trinajstić information content (AvgIpc) is 2.84. The number of amides is 2. The molecule has 0 saturated carbocycles. The first-order valence-electron chi connectivity index (χ1n) is 11.4. The lowest BCUT2D eigenvalue weighted by Crippen LogP contribution is -2.49. The summed E-state index contributed by atoms with van der Waals surface area (Å²) in [6.07, 6.45) is 0.148. The van der Waals surface area contributed by atoms with Crippen LogP contribution in [0.2, 0.25) is 0 Å². The number of primary amides is 1. The number of benzene rings is 2. The molecule has 8 nitrogen and oxygen atoms in total. The molecule has 180 valence electrons. The summed E-state index contributed by atoms with van der Waals surface area (Å²) in [5.41, 5.74) is 8.28. The number of morpholine rings is 1. The maximum Gasteiger partial charge on any atom is 0.248 e. The highest BCUT2D eigenvalue weighted by molar-refractivity contribution is 5.95. The van der Waals surface area contributed by atoms with Gasteiger partial charge in [0, 0.05) is 56.1 Å². The number of rotatable bonds is 6.